The van der Waals surface area contributed by atoms with E-state index in [1.165, 1.54) is 6.92 Å². The van der Waals surface area contributed by atoms with Crippen LogP contribution in [0.2, 0.25) is 4.34 Å². The van der Waals surface area contributed by atoms with Crippen LogP contribution < -0.4 is 10.0 Å². The largest absolute Gasteiger partial charge is 0.433 e. The molecule has 4 N–H and O–H groups in total. The van der Waals surface area contributed by atoms with Gasteiger partial charge in [0.1, 0.15) is 14.1 Å². The number of hydrogen-bond donors (Lipinski definition) is 4. The van der Waals surface area contributed by atoms with Crippen LogP contribution in [0.1, 0.15) is 28.5 Å². The highest BCUT2D eigenvalue weighted by atomic mass is 35.5. The number of carbonyl (C=O) groups is 1. The van der Waals surface area contributed by atoms with Gasteiger partial charge in [0.05, 0.1) is 41.9 Å². The van der Waals surface area contributed by atoms with Gasteiger partial charge in [0.15, 0.2) is 11.3 Å². The zero-order valence-electron chi connectivity index (χ0n) is 20.9. The van der Waals surface area contributed by atoms with E-state index in [0.717, 1.165) is 24.4 Å². The topological polar surface area (TPSA) is 146 Å². The molecule has 0 spiro atoms. The van der Waals surface area contributed by atoms with E-state index in [1.807, 2.05) is 0 Å². The molecule has 3 aromatic heterocycles. The Hall–Kier alpha value is -3.29. The van der Waals surface area contributed by atoms with E-state index in [2.05, 4.69) is 20.1 Å². The number of anilines is 1. The Balaban J connectivity index is 1.72. The zero-order chi connectivity index (χ0) is 31.3. The minimum Gasteiger partial charge on any atom is -0.394 e. The molecule has 0 radical (unpaired) electrons. The van der Waals surface area contributed by atoms with Crippen molar-refractivity contribution in [3.63, 3.8) is 0 Å². The summed E-state index contributed by atoms with van der Waals surface area (Å²) in [5.41, 5.74) is -5.86. The summed E-state index contributed by atoms with van der Waals surface area (Å²) in [4.78, 5) is 17.1. The van der Waals surface area contributed by atoms with Crippen molar-refractivity contribution in [1.29, 1.82) is 0 Å². The maximum absolute atomic E-state index is 13.9. The van der Waals surface area contributed by atoms with E-state index >= 15 is 0 Å². The average molecular weight is 658 g/mol. The highest BCUT2D eigenvalue weighted by Crippen LogP contribution is 2.37. The fourth-order valence-electron chi connectivity index (χ4n) is 3.55. The summed E-state index contributed by atoms with van der Waals surface area (Å²) in [5, 5.41) is 24.6. The average Bonchev–Trinajstić information content (AvgIpc) is 3.50. The van der Waals surface area contributed by atoms with Gasteiger partial charge in [-0.1, -0.05) is 23.7 Å². The molecule has 0 aliphatic heterocycles. The minimum absolute atomic E-state index is 0.107. The molecule has 0 saturated heterocycles. The van der Waals surface area contributed by atoms with Crippen molar-refractivity contribution in [3.8, 4) is 11.3 Å². The van der Waals surface area contributed by atoms with Gasteiger partial charge in [0, 0.05) is 5.56 Å². The lowest BCUT2D eigenvalue weighted by Gasteiger charge is -2.25. The first-order valence-electron chi connectivity index (χ1n) is 11.4. The summed E-state index contributed by atoms with van der Waals surface area (Å²) in [6.45, 7) is -0.266. The van der Waals surface area contributed by atoms with E-state index < -0.39 is 79.4 Å². The van der Waals surface area contributed by atoms with Crippen molar-refractivity contribution in [2.75, 3.05) is 18.5 Å². The molecule has 0 aliphatic carbocycles. The lowest BCUT2D eigenvalue weighted by Crippen LogP contribution is -2.51. The summed E-state index contributed by atoms with van der Waals surface area (Å²) >= 11 is 6.60. The molecule has 0 aliphatic rings. The van der Waals surface area contributed by atoms with Crippen molar-refractivity contribution in [2.45, 2.75) is 29.0 Å². The van der Waals surface area contributed by atoms with Gasteiger partial charge in [-0.3, -0.25) is 4.79 Å². The quantitative estimate of drug-likeness (QED) is 0.205. The predicted molar refractivity (Wildman–Crippen MR) is 139 cm³/mol. The highest BCUT2D eigenvalue weighted by Gasteiger charge is 2.37. The van der Waals surface area contributed by atoms with Crippen molar-refractivity contribution < 1.29 is 49.8 Å². The summed E-state index contributed by atoms with van der Waals surface area (Å²) in [6, 6.07) is 4.71. The van der Waals surface area contributed by atoms with E-state index in [4.69, 9.17) is 11.6 Å². The second-order valence-electron chi connectivity index (χ2n) is 9.08. The first kappa shape index (κ1) is 31.6. The maximum Gasteiger partial charge on any atom is 0.433 e. The van der Waals surface area contributed by atoms with Crippen molar-refractivity contribution in [2.24, 2.45) is 0 Å². The number of sulfonamides is 1. The van der Waals surface area contributed by atoms with E-state index in [9.17, 15) is 49.8 Å². The molecule has 0 bridgehead atoms. The molecule has 42 heavy (non-hydrogen) atoms. The number of alkyl halides is 6. The number of aliphatic hydroxyl groups excluding tert-OH is 2. The Morgan fingerprint density at radius 2 is 1.67 bits per heavy atom. The number of amides is 1. The van der Waals surface area contributed by atoms with Gasteiger partial charge in [-0.05, 0) is 31.2 Å². The molecular weight excluding hydrogens is 640 g/mol. The van der Waals surface area contributed by atoms with Crippen LogP contribution >= 0.6 is 22.9 Å². The van der Waals surface area contributed by atoms with Crippen molar-refractivity contribution in [3.05, 3.63) is 63.8 Å². The smallest absolute Gasteiger partial charge is 0.394 e. The molecule has 226 valence electrons. The fraction of sp³-hybridized carbons (Fsp3) is 0.261. The van der Waals surface area contributed by atoms with Gasteiger partial charge in [-0.15, -0.1) is 11.3 Å². The van der Waals surface area contributed by atoms with Gasteiger partial charge in [0.25, 0.3) is 15.9 Å². The Labute approximate surface area is 241 Å². The number of fused-ring (bicyclic) bond motifs is 1. The van der Waals surface area contributed by atoms with Crippen LogP contribution in [0, 0.1) is 0 Å². The summed E-state index contributed by atoms with van der Waals surface area (Å²) in [7, 11) is -4.35. The van der Waals surface area contributed by atoms with Gasteiger partial charge < -0.3 is 15.5 Å². The molecule has 1 amide bonds. The number of aromatic nitrogens is 3. The molecule has 3 heterocycles. The molecule has 0 fully saturated rings. The van der Waals surface area contributed by atoms with Crippen LogP contribution in [0.4, 0.5) is 32.0 Å². The standard InChI is InChI=1S/C23H18ClF6N5O5S2/c1-21(9-36,10-37)34-42(39,40)17-7-15(18(24)41-17)33-20(38)13-8-31-35-16(23(28,29)30)6-14(32-19(13)35)11-2-4-12(5-3-11)22(25,26)27/h2-8,34,36-37H,9-10H2,1H3,(H,33,38). The third-order valence-electron chi connectivity index (χ3n) is 5.77. The molecular formula is C23H18ClF6N5O5S2. The van der Waals surface area contributed by atoms with E-state index in [1.54, 1.807) is 0 Å². The first-order chi connectivity index (χ1) is 19.4. The van der Waals surface area contributed by atoms with Crippen LogP contribution in [-0.2, 0) is 22.4 Å². The Morgan fingerprint density at radius 3 is 2.21 bits per heavy atom. The van der Waals surface area contributed by atoms with E-state index in [0.29, 0.717) is 34.1 Å². The second kappa shape index (κ2) is 11.1. The minimum atomic E-state index is -5.01. The van der Waals surface area contributed by atoms with Crippen LogP contribution in [0.5, 0.6) is 0 Å². The number of hydrogen-bond acceptors (Lipinski definition) is 8. The van der Waals surface area contributed by atoms with Crippen LogP contribution in [0.15, 0.2) is 46.8 Å². The molecule has 0 unspecified atom stereocenters. The molecule has 0 saturated carbocycles. The van der Waals surface area contributed by atoms with Crippen molar-refractivity contribution >= 4 is 50.2 Å². The number of thiophene rings is 1. The SMILES string of the molecule is CC(CO)(CO)NS(=O)(=O)c1cc(NC(=O)c2cnn3c(C(F)(F)F)cc(-c4ccc(C(F)(F)F)cc4)nc23)c(Cl)s1. The molecule has 4 rings (SSSR count). The normalized spacial score (nSPS) is 13.1. The monoisotopic (exact) mass is 657 g/mol. The highest BCUT2D eigenvalue weighted by molar-refractivity contribution is 7.91. The number of benzene rings is 1. The Kier molecular flexibility index (Phi) is 8.35. The number of carbonyl (C=O) groups excluding carboxylic acids is 1. The van der Waals surface area contributed by atoms with Gasteiger partial charge in [-0.25, -0.2) is 17.9 Å². The molecule has 1 aromatic carbocycles. The number of halogens is 7. The molecule has 19 heteroatoms. The van der Waals surface area contributed by atoms with Crippen LogP contribution in [-0.4, -0.2) is 57.9 Å². The zero-order valence-corrected chi connectivity index (χ0v) is 23.3. The molecule has 0 atom stereocenters. The van der Waals surface area contributed by atoms with Crippen LogP contribution in [0.25, 0.3) is 16.9 Å². The summed E-state index contributed by atoms with van der Waals surface area (Å²) in [6.07, 6.45) is -8.91. The van der Waals surface area contributed by atoms with E-state index in [-0.39, 0.29) is 15.6 Å². The second-order valence-corrected chi connectivity index (χ2v) is 12.6. The van der Waals surface area contributed by atoms with Crippen LogP contribution in [0.3, 0.4) is 0 Å². The third kappa shape index (κ3) is 6.37. The number of aliphatic hydroxyl groups is 2. The number of nitrogens with zero attached hydrogens (tertiary/aromatic N) is 3. The van der Waals surface area contributed by atoms with Crippen molar-refractivity contribution in [1.82, 2.24) is 19.3 Å². The number of rotatable bonds is 8. The first-order valence-corrected chi connectivity index (χ1v) is 14.1. The number of nitrogens with one attached hydrogen (secondary N) is 2. The predicted octanol–water partition coefficient (Wildman–Crippen LogP) is 4.42. The summed E-state index contributed by atoms with van der Waals surface area (Å²) in [5.74, 6) is -1.08. The van der Waals surface area contributed by atoms with Gasteiger partial charge in [-0.2, -0.15) is 36.2 Å². The summed E-state index contributed by atoms with van der Waals surface area (Å²) < 4.78 is 108. The maximum atomic E-state index is 13.9. The Morgan fingerprint density at radius 1 is 1.05 bits per heavy atom. The lowest BCUT2D eigenvalue weighted by molar-refractivity contribution is -0.142. The van der Waals surface area contributed by atoms with Gasteiger partial charge in [0.2, 0.25) is 0 Å². The Bertz CT molecular complexity index is 1750. The molecule has 4 aromatic rings. The third-order valence-corrected chi connectivity index (χ3v) is 9.24. The molecule has 10 nitrogen and oxygen atoms in total. The fourth-order valence-corrected chi connectivity index (χ4v) is 6.57. The lowest BCUT2D eigenvalue weighted by atomic mass is 10.1. The van der Waals surface area contributed by atoms with Gasteiger partial charge >= 0.3 is 12.4 Å².